The first-order valence-electron chi connectivity index (χ1n) is 12.5. The number of hydrogen-bond donors (Lipinski definition) is 2. The summed E-state index contributed by atoms with van der Waals surface area (Å²) in [6.45, 7) is 9.98. The van der Waals surface area contributed by atoms with Crippen molar-refractivity contribution < 1.29 is 52.6 Å². The molecule has 2 aliphatic heterocycles. The van der Waals surface area contributed by atoms with E-state index in [1.165, 1.54) is 7.11 Å². The zero-order chi connectivity index (χ0) is 28.5. The van der Waals surface area contributed by atoms with E-state index in [0.717, 1.165) is 0 Å². The molecule has 12 heteroatoms. The number of fused-ring (bicyclic) bond motifs is 1. The van der Waals surface area contributed by atoms with Gasteiger partial charge in [0, 0.05) is 18.9 Å². The van der Waals surface area contributed by atoms with Gasteiger partial charge in [-0.1, -0.05) is 26.0 Å². The van der Waals surface area contributed by atoms with Crippen LogP contribution in [-0.4, -0.2) is 74.4 Å². The minimum atomic E-state index is -1.37. The quantitative estimate of drug-likeness (QED) is 0.225. The van der Waals surface area contributed by atoms with Crippen LogP contribution < -0.4 is 14.8 Å². The molecule has 0 spiro atoms. The van der Waals surface area contributed by atoms with Crippen LogP contribution in [0.1, 0.15) is 26.7 Å². The van der Waals surface area contributed by atoms with Gasteiger partial charge < -0.3 is 38.3 Å². The molecule has 12 nitrogen and oxygen atoms in total. The Morgan fingerprint density at radius 2 is 1.62 bits per heavy atom. The predicted octanol–water partition coefficient (Wildman–Crippen LogP) is 2.94. The van der Waals surface area contributed by atoms with E-state index in [2.05, 4.69) is 18.5 Å². The lowest BCUT2D eigenvalue weighted by atomic mass is 9.97. The molecule has 0 saturated carbocycles. The van der Waals surface area contributed by atoms with E-state index in [1.54, 1.807) is 44.2 Å². The number of hydrogen-bond acceptors (Lipinski definition) is 11. The molecule has 2 aliphatic rings. The number of nitrogens with one attached hydrogen (secondary N) is 1. The highest BCUT2D eigenvalue weighted by Crippen LogP contribution is 2.35. The fourth-order valence-corrected chi connectivity index (χ4v) is 4.06. The summed E-state index contributed by atoms with van der Waals surface area (Å²) in [5.41, 5.74) is 0.339. The normalized spacial score (nSPS) is 25.1. The van der Waals surface area contributed by atoms with Crippen molar-refractivity contribution >= 4 is 23.7 Å². The van der Waals surface area contributed by atoms with Crippen LogP contribution in [0.4, 0.5) is 10.5 Å². The molecular weight excluding hydrogens is 514 g/mol. The van der Waals surface area contributed by atoms with Crippen molar-refractivity contribution in [3.8, 4) is 11.5 Å². The van der Waals surface area contributed by atoms with Gasteiger partial charge >= 0.3 is 18.0 Å². The monoisotopic (exact) mass is 549 g/mol. The van der Waals surface area contributed by atoms with Crippen LogP contribution in [0.15, 0.2) is 43.5 Å². The second kappa shape index (κ2) is 14.0. The maximum atomic E-state index is 12.9. The molecule has 1 fully saturated rings. The average Bonchev–Trinajstić information content (AvgIpc) is 3.38. The van der Waals surface area contributed by atoms with Gasteiger partial charge in [0.1, 0.15) is 6.10 Å². The van der Waals surface area contributed by atoms with Gasteiger partial charge in [-0.15, -0.1) is 13.2 Å². The molecule has 0 radical (unpaired) electrons. The van der Waals surface area contributed by atoms with Crippen LogP contribution in [0.5, 0.6) is 11.5 Å². The molecule has 2 heterocycles. The Labute approximate surface area is 226 Å². The summed E-state index contributed by atoms with van der Waals surface area (Å²) in [5, 5.41) is 12.6. The number of ether oxygens (including phenoxy) is 7. The molecule has 0 unspecified atom stereocenters. The highest BCUT2D eigenvalue weighted by Gasteiger charge is 2.53. The first-order chi connectivity index (χ1) is 18.7. The molecule has 214 valence electrons. The summed E-state index contributed by atoms with van der Waals surface area (Å²) in [6, 6.07) is 4.75. The van der Waals surface area contributed by atoms with Gasteiger partial charge in [0.25, 0.3) is 0 Å². The van der Waals surface area contributed by atoms with E-state index in [-0.39, 0.29) is 6.79 Å². The minimum absolute atomic E-state index is 0.0599. The molecule has 1 aromatic carbocycles. The number of carbonyl (C=O) groups is 3. The second-order valence-electron chi connectivity index (χ2n) is 9.18. The largest absolute Gasteiger partial charge is 0.454 e. The number of aliphatic hydroxyl groups excluding tert-OH is 1. The van der Waals surface area contributed by atoms with Crippen molar-refractivity contribution in [1.29, 1.82) is 0 Å². The van der Waals surface area contributed by atoms with Gasteiger partial charge in [-0.3, -0.25) is 14.9 Å². The van der Waals surface area contributed by atoms with Gasteiger partial charge in [0.2, 0.25) is 6.79 Å². The van der Waals surface area contributed by atoms with Gasteiger partial charge in [-0.25, -0.2) is 4.79 Å². The third-order valence-corrected chi connectivity index (χ3v) is 6.22. The van der Waals surface area contributed by atoms with Gasteiger partial charge in [0.05, 0.1) is 18.4 Å². The maximum Gasteiger partial charge on any atom is 0.412 e. The number of methoxy groups -OCH3 is 1. The SMILES string of the molecule is C=CC[C@H](C)C(=O)O[C@H]1[C@@H](OC(=O)Nc2ccc3c(c2)OCO3)[C@@H](CO)O[C@H](OC)[C@@H]1OC(=O)[C@@H](C)CC=C. The van der Waals surface area contributed by atoms with Gasteiger partial charge in [-0.05, 0) is 25.0 Å². The second-order valence-corrected chi connectivity index (χ2v) is 9.18. The maximum absolute atomic E-state index is 12.9. The summed E-state index contributed by atoms with van der Waals surface area (Å²) >= 11 is 0. The Morgan fingerprint density at radius 1 is 1.00 bits per heavy atom. The van der Waals surface area contributed by atoms with Crippen LogP contribution in [0.3, 0.4) is 0 Å². The number of anilines is 1. The van der Waals surface area contributed by atoms with Crippen LogP contribution in [0, 0.1) is 11.8 Å². The fraction of sp³-hybridized carbons (Fsp3) is 0.519. The fourth-order valence-electron chi connectivity index (χ4n) is 4.06. The highest BCUT2D eigenvalue weighted by atomic mass is 16.7. The number of esters is 2. The van der Waals surface area contributed by atoms with E-state index in [0.29, 0.717) is 30.0 Å². The molecule has 39 heavy (non-hydrogen) atoms. The Kier molecular flexibility index (Phi) is 10.7. The summed E-state index contributed by atoms with van der Waals surface area (Å²) in [4.78, 5) is 38.7. The zero-order valence-corrected chi connectivity index (χ0v) is 22.2. The van der Waals surface area contributed by atoms with E-state index in [1.807, 2.05) is 0 Å². The molecule has 3 rings (SSSR count). The van der Waals surface area contributed by atoms with Gasteiger partial charge in [-0.2, -0.15) is 0 Å². The van der Waals surface area contributed by atoms with Crippen LogP contribution in [0.2, 0.25) is 0 Å². The Morgan fingerprint density at radius 3 is 2.21 bits per heavy atom. The number of aliphatic hydroxyl groups is 1. The number of carbonyl (C=O) groups excluding carboxylic acids is 3. The van der Waals surface area contributed by atoms with E-state index in [4.69, 9.17) is 33.2 Å². The van der Waals surface area contributed by atoms with E-state index in [9.17, 15) is 19.5 Å². The number of allylic oxidation sites excluding steroid dienone is 2. The Balaban J connectivity index is 1.88. The molecule has 7 atom stereocenters. The number of amides is 1. The molecule has 1 saturated heterocycles. The number of benzene rings is 1. The zero-order valence-electron chi connectivity index (χ0n) is 22.2. The highest BCUT2D eigenvalue weighted by molar-refractivity contribution is 5.85. The van der Waals surface area contributed by atoms with Crippen molar-refractivity contribution in [2.75, 3.05) is 25.8 Å². The third-order valence-electron chi connectivity index (χ3n) is 6.22. The third kappa shape index (κ3) is 7.49. The first-order valence-corrected chi connectivity index (χ1v) is 12.5. The minimum Gasteiger partial charge on any atom is -0.454 e. The lowest BCUT2D eigenvalue weighted by Gasteiger charge is -2.44. The van der Waals surface area contributed by atoms with Crippen molar-refractivity contribution in [2.45, 2.75) is 57.4 Å². The molecule has 0 aromatic heterocycles. The first kappa shape index (κ1) is 29.9. The van der Waals surface area contributed by atoms with Crippen LogP contribution in [0.25, 0.3) is 0 Å². The van der Waals surface area contributed by atoms with Crippen molar-refractivity contribution in [3.63, 3.8) is 0 Å². The molecule has 0 aliphatic carbocycles. The molecule has 0 bridgehead atoms. The topological polar surface area (TPSA) is 148 Å². The summed E-state index contributed by atoms with van der Waals surface area (Å²) in [5.74, 6) is -1.49. The lowest BCUT2D eigenvalue weighted by Crippen LogP contribution is -2.63. The van der Waals surface area contributed by atoms with Crippen LogP contribution in [-0.2, 0) is 33.3 Å². The average molecular weight is 550 g/mol. The molecule has 1 amide bonds. The van der Waals surface area contributed by atoms with Crippen LogP contribution >= 0.6 is 0 Å². The molecule has 1 aromatic rings. The molecule has 2 N–H and O–H groups in total. The van der Waals surface area contributed by atoms with Crippen molar-refractivity contribution in [3.05, 3.63) is 43.5 Å². The Bertz CT molecular complexity index is 1040. The smallest absolute Gasteiger partial charge is 0.412 e. The predicted molar refractivity (Wildman–Crippen MR) is 137 cm³/mol. The van der Waals surface area contributed by atoms with Crippen molar-refractivity contribution in [1.82, 2.24) is 0 Å². The standard InChI is InChI=1S/C27H35NO11/c1-6-8-15(3)24(30)37-22-21(39-27(32)28-17-10-11-18-19(12-17)35-14-34-18)20(13-29)36-26(33-5)23(22)38-25(31)16(4)9-7-2/h6-7,10-12,15-16,20-23,26,29H,1-2,8-9,13-14H2,3-5H3,(H,28,32)/t15-,16-,20+,21-,22-,23+,26-/m0/s1. The Hall–Kier alpha value is -3.61. The van der Waals surface area contributed by atoms with Gasteiger partial charge in [0.15, 0.2) is 36.1 Å². The lowest BCUT2D eigenvalue weighted by molar-refractivity contribution is -0.300. The van der Waals surface area contributed by atoms with Crippen molar-refractivity contribution in [2.24, 2.45) is 11.8 Å². The summed E-state index contributed by atoms with van der Waals surface area (Å²) in [6.07, 6.45) is -3.63. The summed E-state index contributed by atoms with van der Waals surface area (Å²) < 4.78 is 38.8. The number of rotatable bonds is 12. The van der Waals surface area contributed by atoms with E-state index < -0.39 is 67.2 Å². The van der Waals surface area contributed by atoms with E-state index >= 15 is 0 Å². The molecular formula is C27H35NO11. The summed E-state index contributed by atoms with van der Waals surface area (Å²) in [7, 11) is 1.31.